The molecule has 0 bridgehead atoms. The van der Waals surface area contributed by atoms with E-state index < -0.39 is 5.97 Å². The number of ether oxygens (including phenoxy) is 1. The molecule has 2 aliphatic heterocycles. The molecule has 2 aliphatic rings. The molecule has 2 N–H and O–H groups in total. The van der Waals surface area contributed by atoms with Gasteiger partial charge in [-0.1, -0.05) is 0 Å². The maximum absolute atomic E-state index is 10.6. The second kappa shape index (κ2) is 3.86. The fourth-order valence-electron chi connectivity index (χ4n) is 1.69. The molecule has 2 unspecified atom stereocenters. The van der Waals surface area contributed by atoms with Gasteiger partial charge in [-0.25, -0.2) is 0 Å². The van der Waals surface area contributed by atoms with Crippen molar-refractivity contribution in [1.82, 2.24) is 5.32 Å². The van der Waals surface area contributed by atoms with Crippen LogP contribution in [0.25, 0.3) is 0 Å². The van der Waals surface area contributed by atoms with E-state index in [1.165, 1.54) is 0 Å². The van der Waals surface area contributed by atoms with Gasteiger partial charge in [0.1, 0.15) is 6.04 Å². The molecule has 0 radical (unpaired) electrons. The minimum atomic E-state index is -0.756. The van der Waals surface area contributed by atoms with Gasteiger partial charge in [-0.05, 0) is 12.8 Å². The Bertz CT molecular complexity index is 206. The minimum absolute atomic E-state index is 0.184. The predicted molar refractivity (Wildman–Crippen MR) is 49.8 cm³/mol. The van der Waals surface area contributed by atoms with Crippen LogP contribution < -0.4 is 5.32 Å². The first-order valence-corrected chi connectivity index (χ1v) is 5.54. The van der Waals surface area contributed by atoms with Crippen molar-refractivity contribution in [3.8, 4) is 0 Å². The van der Waals surface area contributed by atoms with Crippen LogP contribution in [0.4, 0.5) is 0 Å². The quantitative estimate of drug-likeness (QED) is 0.675. The van der Waals surface area contributed by atoms with Crippen LogP contribution in [0.1, 0.15) is 12.8 Å². The topological polar surface area (TPSA) is 58.6 Å². The Morgan fingerprint density at radius 3 is 3.00 bits per heavy atom. The number of carbonyl (C=O) groups is 1. The van der Waals surface area contributed by atoms with Crippen LogP contribution in [0.2, 0.25) is 0 Å². The standard InChI is InChI=1S/C8H13NO3S/c10-8(11)5-4-13-7(9-5)6-2-1-3-12-6/h5-7,9H,1-4H2,(H,10,11)/t5-,6?,7?/m1/s1. The molecule has 0 aromatic carbocycles. The van der Waals surface area contributed by atoms with Gasteiger partial charge in [0.05, 0.1) is 11.5 Å². The fraction of sp³-hybridized carbons (Fsp3) is 0.875. The zero-order chi connectivity index (χ0) is 9.26. The third kappa shape index (κ3) is 1.98. The first-order valence-electron chi connectivity index (χ1n) is 4.49. The number of hydrogen-bond acceptors (Lipinski definition) is 4. The lowest BCUT2D eigenvalue weighted by atomic mass is 10.2. The van der Waals surface area contributed by atoms with Crippen LogP contribution in [-0.4, -0.2) is 41.0 Å². The van der Waals surface area contributed by atoms with Gasteiger partial charge in [0, 0.05) is 12.4 Å². The molecule has 0 aromatic rings. The molecule has 5 heteroatoms. The average molecular weight is 203 g/mol. The van der Waals surface area contributed by atoms with Crippen molar-refractivity contribution < 1.29 is 14.6 Å². The zero-order valence-electron chi connectivity index (χ0n) is 7.23. The smallest absolute Gasteiger partial charge is 0.321 e. The highest BCUT2D eigenvalue weighted by molar-refractivity contribution is 8.00. The third-order valence-corrected chi connectivity index (χ3v) is 3.73. The summed E-state index contributed by atoms with van der Waals surface area (Å²) in [4.78, 5) is 10.6. The van der Waals surface area contributed by atoms with Crippen LogP contribution >= 0.6 is 11.8 Å². The normalized spacial score (nSPS) is 39.5. The Kier molecular flexibility index (Phi) is 2.76. The van der Waals surface area contributed by atoms with Crippen molar-refractivity contribution in [3.63, 3.8) is 0 Å². The molecular formula is C8H13NO3S. The van der Waals surface area contributed by atoms with Gasteiger partial charge >= 0.3 is 5.97 Å². The summed E-state index contributed by atoms with van der Waals surface area (Å²) in [5, 5.41) is 12.0. The van der Waals surface area contributed by atoms with Crippen LogP contribution in [0.3, 0.4) is 0 Å². The number of carboxylic acid groups (broad SMARTS) is 1. The Labute approximate surface area is 81.0 Å². The zero-order valence-corrected chi connectivity index (χ0v) is 8.05. The maximum atomic E-state index is 10.6. The van der Waals surface area contributed by atoms with Gasteiger partial charge in [0.15, 0.2) is 0 Å². The summed E-state index contributed by atoms with van der Waals surface area (Å²) in [6.45, 7) is 0.821. The van der Waals surface area contributed by atoms with Crippen molar-refractivity contribution >= 4 is 17.7 Å². The number of rotatable bonds is 2. The summed E-state index contributed by atoms with van der Waals surface area (Å²) < 4.78 is 5.49. The first kappa shape index (κ1) is 9.30. The van der Waals surface area contributed by atoms with Crippen LogP contribution in [-0.2, 0) is 9.53 Å². The van der Waals surface area contributed by atoms with Crippen molar-refractivity contribution in [2.75, 3.05) is 12.4 Å². The highest BCUT2D eigenvalue weighted by Crippen LogP contribution is 2.28. The van der Waals surface area contributed by atoms with Crippen LogP contribution in [0, 0.1) is 0 Å². The number of nitrogens with one attached hydrogen (secondary N) is 1. The molecule has 2 fully saturated rings. The molecule has 0 spiro atoms. The van der Waals surface area contributed by atoms with Gasteiger partial charge in [-0.2, -0.15) is 0 Å². The highest BCUT2D eigenvalue weighted by Gasteiger charge is 2.35. The Morgan fingerprint density at radius 1 is 1.62 bits per heavy atom. The van der Waals surface area contributed by atoms with E-state index >= 15 is 0 Å². The molecule has 2 saturated heterocycles. The lowest BCUT2D eigenvalue weighted by Crippen LogP contribution is -2.41. The number of thioether (sulfide) groups is 1. The summed E-state index contributed by atoms with van der Waals surface area (Å²) >= 11 is 1.66. The number of aliphatic carboxylic acids is 1. The third-order valence-electron chi connectivity index (χ3n) is 2.41. The molecule has 0 saturated carbocycles. The summed E-state index contributed by atoms with van der Waals surface area (Å²) in [6, 6.07) is -0.390. The molecule has 4 nitrogen and oxygen atoms in total. The van der Waals surface area contributed by atoms with Gasteiger partial charge in [-0.3, -0.25) is 10.1 Å². The summed E-state index contributed by atoms with van der Waals surface area (Å²) in [7, 11) is 0. The molecule has 2 heterocycles. The molecule has 74 valence electrons. The molecule has 0 aliphatic carbocycles. The Balaban J connectivity index is 1.86. The number of hydrogen-bond donors (Lipinski definition) is 2. The van der Waals surface area contributed by atoms with E-state index in [2.05, 4.69) is 5.32 Å². The van der Waals surface area contributed by atoms with Crippen molar-refractivity contribution in [1.29, 1.82) is 0 Å². The monoisotopic (exact) mass is 203 g/mol. The van der Waals surface area contributed by atoms with Gasteiger partial charge in [0.25, 0.3) is 0 Å². The largest absolute Gasteiger partial charge is 0.480 e. The fourth-order valence-corrected chi connectivity index (χ4v) is 3.02. The van der Waals surface area contributed by atoms with E-state index in [0.717, 1.165) is 19.4 Å². The second-order valence-corrected chi connectivity index (χ2v) is 4.54. The van der Waals surface area contributed by atoms with Gasteiger partial charge in [-0.15, -0.1) is 11.8 Å². The maximum Gasteiger partial charge on any atom is 0.321 e. The molecular weight excluding hydrogens is 190 g/mol. The van der Waals surface area contributed by atoms with Crippen molar-refractivity contribution in [3.05, 3.63) is 0 Å². The molecule has 3 atom stereocenters. The van der Waals surface area contributed by atoms with Gasteiger partial charge < -0.3 is 9.84 Å². The highest BCUT2D eigenvalue weighted by atomic mass is 32.2. The van der Waals surface area contributed by atoms with Gasteiger partial charge in [0.2, 0.25) is 0 Å². The summed E-state index contributed by atoms with van der Waals surface area (Å²) in [5.41, 5.74) is 0. The van der Waals surface area contributed by atoms with Crippen LogP contribution in [0.5, 0.6) is 0 Å². The van der Waals surface area contributed by atoms with Crippen LogP contribution in [0.15, 0.2) is 0 Å². The van der Waals surface area contributed by atoms with Crippen molar-refractivity contribution in [2.45, 2.75) is 30.4 Å². The SMILES string of the molecule is O=C(O)[C@H]1CSC(C2CCCO2)N1. The van der Waals surface area contributed by atoms with E-state index in [1.54, 1.807) is 11.8 Å². The Hall–Kier alpha value is -0.260. The first-order chi connectivity index (χ1) is 6.27. The lowest BCUT2D eigenvalue weighted by molar-refractivity contribution is -0.138. The second-order valence-electron chi connectivity index (χ2n) is 3.36. The lowest BCUT2D eigenvalue weighted by Gasteiger charge is -2.17. The van der Waals surface area contributed by atoms with E-state index in [9.17, 15) is 4.79 Å². The molecule has 0 aromatic heterocycles. The Morgan fingerprint density at radius 2 is 2.46 bits per heavy atom. The van der Waals surface area contributed by atoms with E-state index in [4.69, 9.17) is 9.84 Å². The average Bonchev–Trinajstić information content (AvgIpc) is 2.75. The van der Waals surface area contributed by atoms with E-state index in [1.807, 2.05) is 0 Å². The summed E-state index contributed by atoms with van der Waals surface area (Å²) in [5.74, 6) is -0.104. The molecule has 13 heavy (non-hydrogen) atoms. The molecule has 2 rings (SSSR count). The van der Waals surface area contributed by atoms with E-state index in [-0.39, 0.29) is 17.5 Å². The number of carboxylic acids is 1. The van der Waals surface area contributed by atoms with E-state index in [0.29, 0.717) is 5.75 Å². The minimum Gasteiger partial charge on any atom is -0.480 e. The predicted octanol–water partition coefficient (Wildman–Crippen LogP) is 0.281. The summed E-state index contributed by atoms with van der Waals surface area (Å²) in [6.07, 6.45) is 2.37. The molecule has 0 amide bonds. The van der Waals surface area contributed by atoms with Crippen molar-refractivity contribution in [2.24, 2.45) is 0 Å².